The Hall–Kier alpha value is -0.610. The number of hydrogen-bond donors (Lipinski definition) is 1. The second kappa shape index (κ2) is 8.14. The van der Waals surface area contributed by atoms with Crippen molar-refractivity contribution in [2.24, 2.45) is 5.92 Å². The van der Waals surface area contributed by atoms with Gasteiger partial charge in [-0.2, -0.15) is 0 Å². The summed E-state index contributed by atoms with van der Waals surface area (Å²) in [6.07, 6.45) is 9.05. The Morgan fingerprint density at radius 3 is 2.38 bits per heavy atom. The first-order valence-corrected chi connectivity index (χ1v) is 8.67. The minimum atomic E-state index is -0.275. The summed E-state index contributed by atoms with van der Waals surface area (Å²) in [4.78, 5) is 0. The second-order valence-electron chi connectivity index (χ2n) is 5.88. The Kier molecular flexibility index (Phi) is 6.49. The summed E-state index contributed by atoms with van der Waals surface area (Å²) < 4.78 is 19.6. The molecule has 0 amide bonds. The average molecular weight is 358 g/mol. The minimum absolute atomic E-state index is 0.218. The first-order chi connectivity index (χ1) is 10.2. The van der Waals surface area contributed by atoms with Gasteiger partial charge in [0, 0.05) is 17.7 Å². The van der Waals surface area contributed by atoms with E-state index in [0.717, 1.165) is 5.56 Å². The van der Waals surface area contributed by atoms with Crippen molar-refractivity contribution in [2.45, 2.75) is 51.0 Å². The molecule has 0 bridgehead atoms. The quantitative estimate of drug-likeness (QED) is 0.797. The molecule has 1 aliphatic carbocycles. The molecule has 0 saturated heterocycles. The molecule has 0 radical (unpaired) electrons. The van der Waals surface area contributed by atoms with E-state index >= 15 is 0 Å². The summed E-state index contributed by atoms with van der Waals surface area (Å²) in [7, 11) is 3.59. The van der Waals surface area contributed by atoms with Gasteiger partial charge in [0.1, 0.15) is 11.6 Å². The predicted octanol–water partition coefficient (Wildman–Crippen LogP) is 5.22. The van der Waals surface area contributed by atoms with E-state index < -0.39 is 0 Å². The molecular weight excluding hydrogens is 333 g/mol. The fourth-order valence-electron chi connectivity index (χ4n) is 3.43. The van der Waals surface area contributed by atoms with Crippen LogP contribution in [0.25, 0.3) is 0 Å². The lowest BCUT2D eigenvalue weighted by Crippen LogP contribution is -2.26. The number of benzene rings is 1. The normalized spacial score (nSPS) is 18.9. The second-order valence-corrected chi connectivity index (χ2v) is 6.73. The number of rotatable bonds is 4. The van der Waals surface area contributed by atoms with E-state index in [2.05, 4.69) is 21.2 Å². The summed E-state index contributed by atoms with van der Waals surface area (Å²) in [6.45, 7) is 0. The maximum absolute atomic E-state index is 13.7. The van der Waals surface area contributed by atoms with Crippen molar-refractivity contribution in [1.29, 1.82) is 0 Å². The topological polar surface area (TPSA) is 21.3 Å². The van der Waals surface area contributed by atoms with Crippen LogP contribution in [0.1, 0.15) is 56.6 Å². The highest BCUT2D eigenvalue weighted by atomic mass is 79.9. The molecule has 21 heavy (non-hydrogen) atoms. The predicted molar refractivity (Wildman–Crippen MR) is 88.3 cm³/mol. The number of nitrogens with one attached hydrogen (secondary N) is 1. The molecular formula is C17H25BrFNO. The van der Waals surface area contributed by atoms with Crippen molar-refractivity contribution in [1.82, 2.24) is 5.32 Å². The summed E-state index contributed by atoms with van der Waals surface area (Å²) >= 11 is 3.30. The first-order valence-electron chi connectivity index (χ1n) is 7.87. The molecule has 2 nitrogen and oxygen atoms in total. The SMILES string of the molecule is CNC(c1cc(Br)c(F)cc1OC)C1CCCCCCC1. The molecule has 0 aromatic heterocycles. The monoisotopic (exact) mass is 357 g/mol. The summed E-state index contributed by atoms with van der Waals surface area (Å²) in [5.41, 5.74) is 1.05. The largest absolute Gasteiger partial charge is 0.496 e. The van der Waals surface area contributed by atoms with Crippen LogP contribution in [0.2, 0.25) is 0 Å². The van der Waals surface area contributed by atoms with E-state index in [1.165, 1.54) is 51.0 Å². The number of halogens is 2. The van der Waals surface area contributed by atoms with Gasteiger partial charge in [-0.1, -0.05) is 32.1 Å². The average Bonchev–Trinajstić information content (AvgIpc) is 2.44. The number of ether oxygens (including phenoxy) is 1. The lowest BCUT2D eigenvalue weighted by Gasteiger charge is -2.30. The lowest BCUT2D eigenvalue weighted by molar-refractivity contribution is 0.291. The third kappa shape index (κ3) is 4.19. The molecule has 4 heteroatoms. The molecule has 1 fully saturated rings. The van der Waals surface area contributed by atoms with E-state index in [4.69, 9.17) is 4.74 Å². The molecule has 0 aliphatic heterocycles. The van der Waals surface area contributed by atoms with E-state index in [1.54, 1.807) is 7.11 Å². The standard InChI is InChI=1S/C17H25BrFNO/c1-20-17(12-8-6-4-3-5-7-9-12)13-10-14(18)15(19)11-16(13)21-2/h10-12,17,20H,3-9H2,1-2H3. The van der Waals surface area contributed by atoms with Crippen LogP contribution in [-0.2, 0) is 0 Å². The van der Waals surface area contributed by atoms with Gasteiger partial charge in [-0.15, -0.1) is 0 Å². The van der Waals surface area contributed by atoms with E-state index in [-0.39, 0.29) is 11.9 Å². The highest BCUT2D eigenvalue weighted by molar-refractivity contribution is 9.10. The highest BCUT2D eigenvalue weighted by Gasteiger charge is 2.26. The fraction of sp³-hybridized carbons (Fsp3) is 0.647. The van der Waals surface area contributed by atoms with Gasteiger partial charge in [0.15, 0.2) is 0 Å². The van der Waals surface area contributed by atoms with Crippen LogP contribution in [0, 0.1) is 11.7 Å². The molecule has 1 unspecified atom stereocenters. The Labute approximate surface area is 135 Å². The molecule has 1 aromatic rings. The summed E-state index contributed by atoms with van der Waals surface area (Å²) in [5, 5.41) is 3.43. The Morgan fingerprint density at radius 2 is 1.81 bits per heavy atom. The van der Waals surface area contributed by atoms with Crippen molar-refractivity contribution in [3.05, 3.63) is 28.0 Å². The Balaban J connectivity index is 2.28. The van der Waals surface area contributed by atoms with E-state index in [9.17, 15) is 4.39 Å². The molecule has 0 heterocycles. The molecule has 0 spiro atoms. The number of hydrogen-bond acceptors (Lipinski definition) is 2. The smallest absolute Gasteiger partial charge is 0.141 e. The molecule has 1 aliphatic rings. The van der Waals surface area contributed by atoms with Crippen LogP contribution >= 0.6 is 15.9 Å². The zero-order valence-electron chi connectivity index (χ0n) is 12.9. The Morgan fingerprint density at radius 1 is 1.19 bits per heavy atom. The number of methoxy groups -OCH3 is 1. The van der Waals surface area contributed by atoms with Crippen molar-refractivity contribution >= 4 is 15.9 Å². The first kappa shape index (κ1) is 16.8. The molecule has 1 N–H and O–H groups in total. The van der Waals surface area contributed by atoms with Crippen LogP contribution in [0.15, 0.2) is 16.6 Å². The molecule has 118 valence electrons. The molecule has 1 aromatic carbocycles. The molecule has 1 saturated carbocycles. The summed E-state index contributed by atoms with van der Waals surface area (Å²) in [5.74, 6) is 0.946. The van der Waals surface area contributed by atoms with Crippen molar-refractivity contribution in [3.63, 3.8) is 0 Å². The van der Waals surface area contributed by atoms with Crippen LogP contribution in [0.5, 0.6) is 5.75 Å². The van der Waals surface area contributed by atoms with Crippen LogP contribution in [0.4, 0.5) is 4.39 Å². The van der Waals surface area contributed by atoms with Gasteiger partial charge in [-0.3, -0.25) is 0 Å². The molecule has 2 rings (SSSR count). The van der Waals surface area contributed by atoms with E-state index in [0.29, 0.717) is 16.1 Å². The van der Waals surface area contributed by atoms with Gasteiger partial charge in [0.05, 0.1) is 11.6 Å². The van der Waals surface area contributed by atoms with Gasteiger partial charge in [0.25, 0.3) is 0 Å². The van der Waals surface area contributed by atoms with Gasteiger partial charge in [0.2, 0.25) is 0 Å². The van der Waals surface area contributed by atoms with Crippen molar-refractivity contribution in [2.75, 3.05) is 14.2 Å². The Bertz CT molecular complexity index is 458. The maximum atomic E-state index is 13.7. The fourth-order valence-corrected chi connectivity index (χ4v) is 3.79. The summed E-state index contributed by atoms with van der Waals surface area (Å²) in [6, 6.07) is 3.57. The van der Waals surface area contributed by atoms with Crippen LogP contribution < -0.4 is 10.1 Å². The van der Waals surface area contributed by atoms with Crippen molar-refractivity contribution < 1.29 is 9.13 Å². The third-order valence-corrected chi connectivity index (χ3v) is 5.15. The third-order valence-electron chi connectivity index (χ3n) is 4.54. The van der Waals surface area contributed by atoms with Gasteiger partial charge >= 0.3 is 0 Å². The van der Waals surface area contributed by atoms with Crippen LogP contribution in [-0.4, -0.2) is 14.2 Å². The maximum Gasteiger partial charge on any atom is 0.141 e. The van der Waals surface area contributed by atoms with Gasteiger partial charge in [-0.05, 0) is 47.8 Å². The highest BCUT2D eigenvalue weighted by Crippen LogP contribution is 2.38. The zero-order chi connectivity index (χ0) is 15.2. The molecule has 1 atom stereocenters. The van der Waals surface area contributed by atoms with Gasteiger partial charge < -0.3 is 10.1 Å². The van der Waals surface area contributed by atoms with Crippen LogP contribution in [0.3, 0.4) is 0 Å². The minimum Gasteiger partial charge on any atom is -0.496 e. The van der Waals surface area contributed by atoms with Gasteiger partial charge in [-0.25, -0.2) is 4.39 Å². The van der Waals surface area contributed by atoms with E-state index in [1.807, 2.05) is 13.1 Å². The van der Waals surface area contributed by atoms with Crippen molar-refractivity contribution in [3.8, 4) is 5.75 Å². The zero-order valence-corrected chi connectivity index (χ0v) is 14.5. The lowest BCUT2D eigenvalue weighted by atomic mass is 9.82.